The van der Waals surface area contributed by atoms with Gasteiger partial charge in [-0.2, -0.15) is 0 Å². The highest BCUT2D eigenvalue weighted by molar-refractivity contribution is 5.94. The molecule has 0 spiro atoms. The van der Waals surface area contributed by atoms with Crippen molar-refractivity contribution < 1.29 is 14.3 Å². The van der Waals surface area contributed by atoms with E-state index in [2.05, 4.69) is 10.6 Å². The molecule has 5 heteroatoms. The van der Waals surface area contributed by atoms with Gasteiger partial charge in [0.1, 0.15) is 5.75 Å². The quantitative estimate of drug-likeness (QED) is 0.381. The zero-order chi connectivity index (χ0) is 18.6. The van der Waals surface area contributed by atoms with Crippen LogP contribution in [0.5, 0.6) is 5.75 Å². The van der Waals surface area contributed by atoms with E-state index in [-0.39, 0.29) is 11.7 Å². The van der Waals surface area contributed by atoms with Crippen molar-refractivity contribution in [3.8, 4) is 5.75 Å². The number of carbonyl (C=O) groups is 2. The second-order valence-corrected chi connectivity index (χ2v) is 7.03. The van der Waals surface area contributed by atoms with Gasteiger partial charge >= 0.3 is 0 Å². The first kappa shape index (κ1) is 20.4. The summed E-state index contributed by atoms with van der Waals surface area (Å²) in [6, 6.07) is 7.76. The van der Waals surface area contributed by atoms with E-state index in [4.69, 9.17) is 4.74 Å². The monoisotopic (exact) mass is 360 g/mol. The summed E-state index contributed by atoms with van der Waals surface area (Å²) in [7, 11) is 0. The Balaban J connectivity index is 1.52. The van der Waals surface area contributed by atoms with Crippen LogP contribution in [0.15, 0.2) is 24.3 Å². The molecule has 0 bridgehead atoms. The number of nitrogens with one attached hydrogen (secondary N) is 2. The molecule has 0 heterocycles. The predicted octanol–water partition coefficient (Wildman–Crippen LogP) is 3.48. The second kappa shape index (κ2) is 11.7. The number of ether oxygens (including phenoxy) is 1. The number of carbonyl (C=O) groups excluding carboxylic acids is 2. The van der Waals surface area contributed by atoms with Crippen LogP contribution in [-0.4, -0.2) is 37.4 Å². The third-order valence-corrected chi connectivity index (χ3v) is 4.79. The van der Waals surface area contributed by atoms with Gasteiger partial charge in [-0.3, -0.25) is 9.59 Å². The second-order valence-electron chi connectivity index (χ2n) is 7.03. The van der Waals surface area contributed by atoms with Crippen molar-refractivity contribution in [2.45, 2.75) is 64.3 Å². The summed E-state index contributed by atoms with van der Waals surface area (Å²) in [6.45, 7) is 3.52. The van der Waals surface area contributed by atoms with Crippen LogP contribution in [0.3, 0.4) is 0 Å². The highest BCUT2D eigenvalue weighted by atomic mass is 16.5. The Morgan fingerprint density at radius 1 is 1.12 bits per heavy atom. The summed E-state index contributed by atoms with van der Waals surface area (Å²) in [5.41, 5.74) is 0.640. The Hall–Kier alpha value is -1.88. The number of ketones is 1. The molecule has 5 nitrogen and oxygen atoms in total. The first-order valence-electron chi connectivity index (χ1n) is 9.89. The van der Waals surface area contributed by atoms with Crippen molar-refractivity contribution in [3.63, 3.8) is 0 Å². The molecular formula is C21H32N2O3. The van der Waals surface area contributed by atoms with E-state index in [1.54, 1.807) is 18.2 Å². The summed E-state index contributed by atoms with van der Waals surface area (Å²) in [6.07, 6.45) is 8.99. The normalized spacial score (nSPS) is 15.3. The molecule has 0 radical (unpaired) electrons. The number of rotatable bonds is 10. The topological polar surface area (TPSA) is 67.4 Å². The first-order valence-corrected chi connectivity index (χ1v) is 9.89. The molecule has 26 heavy (non-hydrogen) atoms. The molecule has 0 aliphatic heterocycles. The Bertz CT molecular complexity index is 566. The van der Waals surface area contributed by atoms with Crippen molar-refractivity contribution in [2.24, 2.45) is 0 Å². The number of amides is 1. The molecule has 1 aromatic rings. The van der Waals surface area contributed by atoms with Crippen molar-refractivity contribution >= 4 is 11.7 Å². The van der Waals surface area contributed by atoms with Crippen LogP contribution in [0.1, 0.15) is 68.6 Å². The molecule has 1 aromatic carbocycles. The van der Waals surface area contributed by atoms with Crippen LogP contribution >= 0.6 is 0 Å². The summed E-state index contributed by atoms with van der Waals surface area (Å²) < 4.78 is 5.62. The molecule has 1 amide bonds. The third-order valence-electron chi connectivity index (χ3n) is 4.79. The van der Waals surface area contributed by atoms with Gasteiger partial charge in [0.25, 0.3) is 0 Å². The lowest BCUT2D eigenvalue weighted by Gasteiger charge is -2.16. The molecule has 0 aromatic heterocycles. The SMILES string of the molecule is CC(=O)c1cccc(OCCCC(=O)NCCNC2CCCCCC2)c1. The molecule has 1 aliphatic carbocycles. The Morgan fingerprint density at radius 2 is 1.88 bits per heavy atom. The van der Waals surface area contributed by atoms with Gasteiger partial charge in [-0.05, 0) is 38.3 Å². The minimum atomic E-state index is 0.0206. The highest BCUT2D eigenvalue weighted by Crippen LogP contribution is 2.17. The van der Waals surface area contributed by atoms with Crippen LogP contribution in [0.25, 0.3) is 0 Å². The van der Waals surface area contributed by atoms with Crippen molar-refractivity contribution in [2.75, 3.05) is 19.7 Å². The molecule has 1 aliphatic rings. The highest BCUT2D eigenvalue weighted by Gasteiger charge is 2.11. The minimum absolute atomic E-state index is 0.0206. The van der Waals surface area contributed by atoms with Crippen LogP contribution in [-0.2, 0) is 4.79 Å². The molecule has 2 rings (SSSR count). The fourth-order valence-electron chi connectivity index (χ4n) is 3.28. The predicted molar refractivity (Wildman–Crippen MR) is 104 cm³/mol. The first-order chi connectivity index (χ1) is 12.6. The van der Waals surface area contributed by atoms with Gasteiger partial charge in [-0.1, -0.05) is 37.8 Å². The van der Waals surface area contributed by atoms with Gasteiger partial charge in [0.05, 0.1) is 6.61 Å². The lowest BCUT2D eigenvalue weighted by molar-refractivity contribution is -0.121. The van der Waals surface area contributed by atoms with Crippen molar-refractivity contribution in [3.05, 3.63) is 29.8 Å². The van der Waals surface area contributed by atoms with E-state index >= 15 is 0 Å². The lowest BCUT2D eigenvalue weighted by Crippen LogP contribution is -2.36. The molecule has 0 atom stereocenters. The number of Topliss-reactive ketones (excluding diaryl/α,β-unsaturated/α-hetero) is 1. The maximum atomic E-state index is 11.9. The summed E-state index contributed by atoms with van der Waals surface area (Å²) in [5, 5.41) is 6.51. The molecule has 0 saturated heterocycles. The fourth-order valence-corrected chi connectivity index (χ4v) is 3.28. The van der Waals surface area contributed by atoms with E-state index in [1.165, 1.54) is 45.4 Å². The third kappa shape index (κ3) is 8.00. The summed E-state index contributed by atoms with van der Waals surface area (Å²) in [4.78, 5) is 23.2. The van der Waals surface area contributed by atoms with E-state index in [9.17, 15) is 9.59 Å². The smallest absolute Gasteiger partial charge is 0.220 e. The number of benzene rings is 1. The van der Waals surface area contributed by atoms with E-state index in [0.717, 1.165) is 6.54 Å². The van der Waals surface area contributed by atoms with Gasteiger partial charge < -0.3 is 15.4 Å². The maximum Gasteiger partial charge on any atom is 0.220 e. The molecule has 0 unspecified atom stereocenters. The van der Waals surface area contributed by atoms with Crippen LogP contribution in [0, 0.1) is 0 Å². The Morgan fingerprint density at radius 3 is 2.62 bits per heavy atom. The summed E-state index contributed by atoms with van der Waals surface area (Å²) >= 11 is 0. The van der Waals surface area contributed by atoms with Crippen LogP contribution < -0.4 is 15.4 Å². The van der Waals surface area contributed by atoms with Gasteiger partial charge in [-0.15, -0.1) is 0 Å². The number of hydrogen-bond acceptors (Lipinski definition) is 4. The van der Waals surface area contributed by atoms with Gasteiger partial charge in [0.2, 0.25) is 5.91 Å². The van der Waals surface area contributed by atoms with Crippen LogP contribution in [0.4, 0.5) is 0 Å². The molecule has 144 valence electrons. The molecular weight excluding hydrogens is 328 g/mol. The average molecular weight is 360 g/mol. The zero-order valence-corrected chi connectivity index (χ0v) is 15.9. The van der Waals surface area contributed by atoms with Gasteiger partial charge in [-0.25, -0.2) is 0 Å². The molecule has 1 fully saturated rings. The van der Waals surface area contributed by atoms with E-state index < -0.39 is 0 Å². The standard InChI is InChI=1S/C21H32N2O3/c1-17(24)18-8-6-11-20(16-18)26-15-7-12-21(25)23-14-13-22-19-9-4-2-3-5-10-19/h6,8,11,16,19,22H,2-5,7,9-10,12-15H2,1H3,(H,23,25). The largest absolute Gasteiger partial charge is 0.494 e. The zero-order valence-electron chi connectivity index (χ0n) is 15.9. The minimum Gasteiger partial charge on any atom is -0.494 e. The van der Waals surface area contributed by atoms with Gasteiger partial charge in [0, 0.05) is 31.1 Å². The Kier molecular flexibility index (Phi) is 9.18. The maximum absolute atomic E-state index is 11.9. The van der Waals surface area contributed by atoms with E-state index in [0.29, 0.717) is 43.3 Å². The molecule has 2 N–H and O–H groups in total. The fraction of sp³-hybridized carbons (Fsp3) is 0.619. The van der Waals surface area contributed by atoms with Crippen molar-refractivity contribution in [1.82, 2.24) is 10.6 Å². The van der Waals surface area contributed by atoms with Crippen molar-refractivity contribution in [1.29, 1.82) is 0 Å². The molecule has 1 saturated carbocycles. The van der Waals surface area contributed by atoms with Gasteiger partial charge in [0.15, 0.2) is 5.78 Å². The summed E-state index contributed by atoms with van der Waals surface area (Å²) in [5.74, 6) is 0.756. The van der Waals surface area contributed by atoms with Crippen LogP contribution in [0.2, 0.25) is 0 Å². The average Bonchev–Trinajstić information content (AvgIpc) is 2.91. The number of hydrogen-bond donors (Lipinski definition) is 2. The lowest BCUT2D eigenvalue weighted by atomic mass is 10.1. The Labute approximate surface area is 156 Å². The van der Waals surface area contributed by atoms with E-state index in [1.807, 2.05) is 6.07 Å².